The zero-order valence-corrected chi connectivity index (χ0v) is 15.2. The summed E-state index contributed by atoms with van der Waals surface area (Å²) in [7, 11) is 1.72. The normalized spacial score (nSPS) is 13.7. The van der Waals surface area contributed by atoms with Crippen LogP contribution in [0.2, 0.25) is 0 Å². The highest BCUT2D eigenvalue weighted by molar-refractivity contribution is 5.98. The van der Waals surface area contributed by atoms with Crippen LogP contribution < -0.4 is 15.5 Å². The molecule has 2 aromatic rings. The fourth-order valence-corrected chi connectivity index (χ4v) is 2.86. The van der Waals surface area contributed by atoms with E-state index in [1.165, 1.54) is 0 Å². The fourth-order valence-electron chi connectivity index (χ4n) is 2.86. The second-order valence-corrected chi connectivity index (χ2v) is 6.07. The first-order valence-corrected chi connectivity index (χ1v) is 8.84. The van der Waals surface area contributed by atoms with E-state index in [-0.39, 0.29) is 12.5 Å². The number of rotatable bonds is 6. The first-order chi connectivity index (χ1) is 13.2. The Labute approximate surface area is 158 Å². The third-order valence-corrected chi connectivity index (χ3v) is 4.28. The summed E-state index contributed by atoms with van der Waals surface area (Å²) in [6.45, 7) is 2.81. The van der Waals surface area contributed by atoms with Crippen molar-refractivity contribution in [3.8, 4) is 0 Å². The molecule has 142 valence electrons. The van der Waals surface area contributed by atoms with Crippen LogP contribution in [0.5, 0.6) is 0 Å². The molecule has 1 aliphatic heterocycles. The Morgan fingerprint density at radius 2 is 1.78 bits per heavy atom. The molecule has 7 heteroatoms. The van der Waals surface area contributed by atoms with Gasteiger partial charge in [-0.15, -0.1) is 0 Å². The predicted octanol–water partition coefficient (Wildman–Crippen LogP) is 2.36. The summed E-state index contributed by atoms with van der Waals surface area (Å²) < 4.78 is 10.5. The standard InChI is InChI=1S/C20H23N3O4/c1-21-18-5-3-2-4-17(18)20(25)27-14-19(24)22-15-6-8-16(9-7-15)23-10-12-26-13-11-23/h2-9,21H,10-14H2,1H3,(H,22,24). The summed E-state index contributed by atoms with van der Waals surface area (Å²) in [4.78, 5) is 26.4. The third-order valence-electron chi connectivity index (χ3n) is 4.28. The van der Waals surface area contributed by atoms with E-state index >= 15 is 0 Å². The first kappa shape index (κ1) is 18.7. The third kappa shape index (κ3) is 4.98. The highest BCUT2D eigenvalue weighted by Crippen LogP contribution is 2.19. The molecule has 7 nitrogen and oxygen atoms in total. The van der Waals surface area contributed by atoms with Crippen molar-refractivity contribution >= 4 is 28.9 Å². The molecule has 1 fully saturated rings. The van der Waals surface area contributed by atoms with Gasteiger partial charge in [0.05, 0.1) is 18.8 Å². The molecule has 27 heavy (non-hydrogen) atoms. The lowest BCUT2D eigenvalue weighted by atomic mass is 10.2. The van der Waals surface area contributed by atoms with Crippen molar-refractivity contribution in [2.24, 2.45) is 0 Å². The molecule has 0 spiro atoms. The average molecular weight is 369 g/mol. The van der Waals surface area contributed by atoms with Gasteiger partial charge in [-0.3, -0.25) is 4.79 Å². The molecule has 1 amide bonds. The maximum Gasteiger partial charge on any atom is 0.340 e. The van der Waals surface area contributed by atoms with Gasteiger partial charge in [-0.2, -0.15) is 0 Å². The summed E-state index contributed by atoms with van der Waals surface area (Å²) in [5, 5.41) is 5.66. The Kier molecular flexibility index (Phi) is 6.27. The smallest absolute Gasteiger partial charge is 0.340 e. The van der Waals surface area contributed by atoms with Crippen LogP contribution in [0.1, 0.15) is 10.4 Å². The molecule has 0 aromatic heterocycles. The van der Waals surface area contributed by atoms with Crippen molar-refractivity contribution in [3.05, 3.63) is 54.1 Å². The zero-order valence-electron chi connectivity index (χ0n) is 15.2. The van der Waals surface area contributed by atoms with Crippen LogP contribution in [-0.2, 0) is 14.3 Å². The molecule has 0 atom stereocenters. The average Bonchev–Trinajstić information content (AvgIpc) is 2.73. The van der Waals surface area contributed by atoms with Crippen molar-refractivity contribution < 1.29 is 19.1 Å². The minimum Gasteiger partial charge on any atom is -0.452 e. The topological polar surface area (TPSA) is 79.9 Å². The van der Waals surface area contributed by atoms with Gasteiger partial charge in [0, 0.05) is 37.2 Å². The van der Waals surface area contributed by atoms with E-state index in [1.807, 2.05) is 30.3 Å². The lowest BCUT2D eigenvalue weighted by Crippen LogP contribution is -2.36. The summed E-state index contributed by atoms with van der Waals surface area (Å²) in [6, 6.07) is 14.6. The van der Waals surface area contributed by atoms with Crippen LogP contribution in [0.15, 0.2) is 48.5 Å². The number of hydrogen-bond acceptors (Lipinski definition) is 6. The number of para-hydroxylation sites is 1. The van der Waals surface area contributed by atoms with Gasteiger partial charge < -0.3 is 25.0 Å². The molecule has 1 saturated heterocycles. The van der Waals surface area contributed by atoms with Gasteiger partial charge in [0.1, 0.15) is 0 Å². The van der Waals surface area contributed by atoms with E-state index in [2.05, 4.69) is 15.5 Å². The summed E-state index contributed by atoms with van der Waals surface area (Å²) in [5.41, 5.74) is 2.79. The van der Waals surface area contributed by atoms with Crippen molar-refractivity contribution in [2.45, 2.75) is 0 Å². The number of carbonyl (C=O) groups excluding carboxylic acids is 2. The minimum absolute atomic E-state index is 0.345. The number of esters is 1. The molecule has 0 aliphatic carbocycles. The van der Waals surface area contributed by atoms with Crippen molar-refractivity contribution in [1.29, 1.82) is 0 Å². The zero-order chi connectivity index (χ0) is 19.1. The van der Waals surface area contributed by atoms with Crippen molar-refractivity contribution in [1.82, 2.24) is 0 Å². The van der Waals surface area contributed by atoms with E-state index in [9.17, 15) is 9.59 Å². The molecule has 2 aromatic carbocycles. The van der Waals surface area contributed by atoms with Gasteiger partial charge in [0.25, 0.3) is 5.91 Å². The van der Waals surface area contributed by atoms with Crippen LogP contribution in [0.3, 0.4) is 0 Å². The number of ether oxygens (including phenoxy) is 2. The van der Waals surface area contributed by atoms with E-state index in [4.69, 9.17) is 9.47 Å². The van der Waals surface area contributed by atoms with Crippen LogP contribution >= 0.6 is 0 Å². The molecular formula is C20H23N3O4. The van der Waals surface area contributed by atoms with Gasteiger partial charge in [-0.25, -0.2) is 4.79 Å². The number of amides is 1. The number of carbonyl (C=O) groups is 2. The number of benzene rings is 2. The Balaban J connectivity index is 1.51. The first-order valence-electron chi connectivity index (χ1n) is 8.84. The minimum atomic E-state index is -0.544. The number of anilines is 3. The molecule has 0 radical (unpaired) electrons. The Hall–Kier alpha value is -3.06. The van der Waals surface area contributed by atoms with Gasteiger partial charge >= 0.3 is 5.97 Å². The Morgan fingerprint density at radius 3 is 2.48 bits per heavy atom. The van der Waals surface area contributed by atoms with Crippen LogP contribution in [0.4, 0.5) is 17.1 Å². The van der Waals surface area contributed by atoms with E-state index in [0.717, 1.165) is 32.0 Å². The number of nitrogens with zero attached hydrogens (tertiary/aromatic N) is 1. The molecule has 0 bridgehead atoms. The van der Waals surface area contributed by atoms with Gasteiger partial charge in [0.2, 0.25) is 0 Å². The van der Waals surface area contributed by atoms with Gasteiger partial charge in [-0.05, 0) is 36.4 Å². The quantitative estimate of drug-likeness (QED) is 0.761. The lowest BCUT2D eigenvalue weighted by molar-refractivity contribution is -0.119. The van der Waals surface area contributed by atoms with Crippen LogP contribution in [0.25, 0.3) is 0 Å². The van der Waals surface area contributed by atoms with E-state index < -0.39 is 5.97 Å². The maximum atomic E-state index is 12.1. The monoisotopic (exact) mass is 369 g/mol. The van der Waals surface area contributed by atoms with E-state index in [1.54, 1.807) is 25.2 Å². The highest BCUT2D eigenvalue weighted by atomic mass is 16.5. The molecule has 1 heterocycles. The summed E-state index contributed by atoms with van der Waals surface area (Å²) in [6.07, 6.45) is 0. The van der Waals surface area contributed by atoms with Crippen LogP contribution in [0, 0.1) is 0 Å². The molecule has 3 rings (SSSR count). The second kappa shape index (κ2) is 9.05. The maximum absolute atomic E-state index is 12.1. The Bertz CT molecular complexity index is 786. The van der Waals surface area contributed by atoms with Crippen molar-refractivity contribution in [3.63, 3.8) is 0 Å². The highest BCUT2D eigenvalue weighted by Gasteiger charge is 2.14. The molecule has 1 aliphatic rings. The van der Waals surface area contributed by atoms with E-state index in [0.29, 0.717) is 16.9 Å². The van der Waals surface area contributed by atoms with Gasteiger partial charge in [-0.1, -0.05) is 12.1 Å². The largest absolute Gasteiger partial charge is 0.452 e. The fraction of sp³-hybridized carbons (Fsp3) is 0.300. The number of morpholine rings is 1. The number of hydrogen-bond donors (Lipinski definition) is 2. The predicted molar refractivity (Wildman–Crippen MR) is 104 cm³/mol. The molecule has 0 saturated carbocycles. The molecule has 2 N–H and O–H groups in total. The van der Waals surface area contributed by atoms with Crippen LogP contribution in [-0.4, -0.2) is 51.8 Å². The second-order valence-electron chi connectivity index (χ2n) is 6.07. The molecular weight excluding hydrogens is 346 g/mol. The SMILES string of the molecule is CNc1ccccc1C(=O)OCC(=O)Nc1ccc(N2CCOCC2)cc1. The van der Waals surface area contributed by atoms with Gasteiger partial charge in [0.15, 0.2) is 6.61 Å². The summed E-state index contributed by atoms with van der Waals surface area (Å²) >= 11 is 0. The Morgan fingerprint density at radius 1 is 1.07 bits per heavy atom. The molecule has 0 unspecified atom stereocenters. The lowest BCUT2D eigenvalue weighted by Gasteiger charge is -2.28. The summed E-state index contributed by atoms with van der Waals surface area (Å²) in [5.74, 6) is -0.929. The van der Waals surface area contributed by atoms with Crippen molar-refractivity contribution in [2.75, 3.05) is 55.5 Å². The number of nitrogens with one attached hydrogen (secondary N) is 2.